The van der Waals surface area contributed by atoms with Gasteiger partial charge in [0.05, 0.1) is 22.8 Å². The molecule has 2 unspecified atom stereocenters. The highest BCUT2D eigenvalue weighted by Crippen LogP contribution is 2.65. The number of nitrogens with zero attached hydrogens (tertiary/aromatic N) is 2. The molecule has 2 aliphatic carbocycles. The van der Waals surface area contributed by atoms with Gasteiger partial charge in [0.2, 0.25) is 10.0 Å². The van der Waals surface area contributed by atoms with Crippen LogP contribution in [0.4, 0.5) is 0 Å². The zero-order valence-electron chi connectivity index (χ0n) is 20.8. The summed E-state index contributed by atoms with van der Waals surface area (Å²) in [6, 6.07) is 12.3. The van der Waals surface area contributed by atoms with Crippen LogP contribution in [0.15, 0.2) is 42.5 Å². The van der Waals surface area contributed by atoms with Crippen molar-refractivity contribution in [3.63, 3.8) is 0 Å². The fraction of sp³-hybridized carbons (Fsp3) is 0.519. The highest BCUT2D eigenvalue weighted by atomic mass is 32.2. The minimum absolute atomic E-state index is 0.0949. The molecule has 2 aliphatic heterocycles. The molecule has 6 rings (SSSR count). The predicted molar refractivity (Wildman–Crippen MR) is 133 cm³/mol. The van der Waals surface area contributed by atoms with Crippen LogP contribution in [-0.4, -0.2) is 73.1 Å². The van der Waals surface area contributed by atoms with E-state index < -0.39 is 39.2 Å². The van der Waals surface area contributed by atoms with Gasteiger partial charge in [-0.3, -0.25) is 4.79 Å². The van der Waals surface area contributed by atoms with Crippen molar-refractivity contribution in [2.45, 2.75) is 67.6 Å². The van der Waals surface area contributed by atoms with Gasteiger partial charge >= 0.3 is 5.97 Å². The Morgan fingerprint density at radius 1 is 1.22 bits per heavy atom. The third kappa shape index (κ3) is 3.16. The number of rotatable bonds is 5. The zero-order valence-corrected chi connectivity index (χ0v) is 21.6. The van der Waals surface area contributed by atoms with E-state index in [1.165, 1.54) is 11.2 Å². The van der Waals surface area contributed by atoms with Gasteiger partial charge in [-0.1, -0.05) is 36.4 Å². The summed E-state index contributed by atoms with van der Waals surface area (Å²) in [6.45, 7) is 2.11. The maximum absolute atomic E-state index is 13.6. The van der Waals surface area contributed by atoms with Crippen molar-refractivity contribution in [2.75, 3.05) is 20.6 Å². The lowest BCUT2D eigenvalue weighted by Crippen LogP contribution is -2.77. The molecular weight excluding hydrogens is 480 g/mol. The summed E-state index contributed by atoms with van der Waals surface area (Å²) in [5, 5.41) is 12.4. The van der Waals surface area contributed by atoms with Gasteiger partial charge in [-0.05, 0) is 56.5 Å². The van der Waals surface area contributed by atoms with Crippen LogP contribution in [0.3, 0.4) is 0 Å². The highest BCUT2D eigenvalue weighted by Gasteiger charge is 2.73. The fourth-order valence-electron chi connectivity index (χ4n) is 7.42. The first-order valence-corrected chi connectivity index (χ1v) is 14.1. The van der Waals surface area contributed by atoms with E-state index in [1.807, 2.05) is 43.4 Å². The molecule has 192 valence electrons. The standard InChI is InChI=1S/C27H32N2O6S/c1-17(30)34-21-10-9-19-15-22-27(31)12-11-20(29(3)36(32,33)16-18-7-5-4-6-8-18)25-26(27,13-14-28(22)2)23(19)24(21)35-25/h4-10,20,22,25,31H,11-16H2,1-3H3/t20?,22-,25?,26+,27-/m1/s1. The van der Waals surface area contributed by atoms with Crippen molar-refractivity contribution in [3.8, 4) is 11.5 Å². The van der Waals surface area contributed by atoms with Gasteiger partial charge in [0.15, 0.2) is 11.5 Å². The van der Waals surface area contributed by atoms with E-state index in [4.69, 9.17) is 9.47 Å². The number of ether oxygens (including phenoxy) is 2. The van der Waals surface area contributed by atoms with Crippen molar-refractivity contribution in [1.29, 1.82) is 0 Å². The van der Waals surface area contributed by atoms with E-state index in [0.29, 0.717) is 37.2 Å². The molecule has 9 heteroatoms. The van der Waals surface area contributed by atoms with Crippen LogP contribution in [0.5, 0.6) is 11.5 Å². The molecule has 2 heterocycles. The Labute approximate surface area is 211 Å². The van der Waals surface area contributed by atoms with E-state index in [9.17, 15) is 18.3 Å². The first-order valence-electron chi connectivity index (χ1n) is 12.5. The van der Waals surface area contributed by atoms with Crippen LogP contribution in [0.2, 0.25) is 0 Å². The normalized spacial score (nSPS) is 32.6. The van der Waals surface area contributed by atoms with Crippen LogP contribution in [0.1, 0.15) is 42.9 Å². The molecule has 1 N–H and O–H groups in total. The SMILES string of the molecule is CC(=O)Oc1ccc2c3c1OC1C(N(C)S(=O)(=O)Cc4ccccc4)CC[C@@]4(O)[C@@H](C2)N(C)CC[C@]314. The summed E-state index contributed by atoms with van der Waals surface area (Å²) in [7, 11) is 0.00529. The van der Waals surface area contributed by atoms with E-state index in [1.54, 1.807) is 13.1 Å². The van der Waals surface area contributed by atoms with Gasteiger partial charge in [-0.15, -0.1) is 0 Å². The molecule has 1 saturated carbocycles. The lowest BCUT2D eigenvalue weighted by molar-refractivity contribution is -0.191. The van der Waals surface area contributed by atoms with E-state index in [2.05, 4.69) is 4.90 Å². The molecule has 2 aromatic rings. The lowest BCUT2D eigenvalue weighted by Gasteiger charge is -2.64. The minimum atomic E-state index is -3.66. The number of hydrogen-bond acceptors (Lipinski definition) is 7. The summed E-state index contributed by atoms with van der Waals surface area (Å²) in [5.41, 5.74) is 0.847. The second-order valence-electron chi connectivity index (χ2n) is 10.8. The first-order chi connectivity index (χ1) is 17.1. The van der Waals surface area contributed by atoms with E-state index in [0.717, 1.165) is 23.2 Å². The topological polar surface area (TPSA) is 96.4 Å². The Hall–Kier alpha value is -2.46. The molecule has 1 saturated heterocycles. The third-order valence-corrected chi connectivity index (χ3v) is 10.9. The molecule has 2 bridgehead atoms. The van der Waals surface area contributed by atoms with Crippen molar-refractivity contribution in [2.24, 2.45) is 0 Å². The van der Waals surface area contributed by atoms with Crippen LogP contribution in [0, 0.1) is 0 Å². The molecule has 0 radical (unpaired) electrons. The van der Waals surface area contributed by atoms with E-state index >= 15 is 0 Å². The molecule has 2 aromatic carbocycles. The molecule has 0 aromatic heterocycles. The van der Waals surface area contributed by atoms with Crippen molar-refractivity contribution >= 4 is 16.0 Å². The number of piperidine rings is 1. The smallest absolute Gasteiger partial charge is 0.308 e. The van der Waals surface area contributed by atoms with Crippen molar-refractivity contribution in [1.82, 2.24) is 9.21 Å². The van der Waals surface area contributed by atoms with Gasteiger partial charge in [-0.25, -0.2) is 8.42 Å². The number of likely N-dealkylation sites (N-methyl/N-ethyl adjacent to an activating group) is 2. The number of sulfonamides is 1. The Morgan fingerprint density at radius 3 is 2.69 bits per heavy atom. The van der Waals surface area contributed by atoms with Crippen molar-refractivity contribution < 1.29 is 27.8 Å². The second kappa shape index (κ2) is 8.02. The molecule has 2 fully saturated rings. The number of aliphatic hydroxyl groups is 1. The van der Waals surface area contributed by atoms with Crippen LogP contribution < -0.4 is 9.47 Å². The molecule has 36 heavy (non-hydrogen) atoms. The summed E-state index contributed by atoms with van der Waals surface area (Å²) >= 11 is 0. The Kier molecular flexibility index (Phi) is 5.32. The summed E-state index contributed by atoms with van der Waals surface area (Å²) in [5.74, 6) is 0.259. The summed E-state index contributed by atoms with van der Waals surface area (Å²) in [4.78, 5) is 14.1. The molecule has 5 atom stereocenters. The molecule has 4 aliphatic rings. The molecule has 1 spiro atoms. The average molecular weight is 513 g/mol. The van der Waals surface area contributed by atoms with Gasteiger partial charge in [-0.2, -0.15) is 4.31 Å². The molecule has 8 nitrogen and oxygen atoms in total. The Bertz CT molecular complexity index is 1330. The summed E-state index contributed by atoms with van der Waals surface area (Å²) < 4.78 is 40.7. The second-order valence-corrected chi connectivity index (χ2v) is 12.8. The molecule has 0 amide bonds. The Morgan fingerprint density at radius 2 is 1.97 bits per heavy atom. The minimum Gasteiger partial charge on any atom is -0.483 e. The maximum Gasteiger partial charge on any atom is 0.308 e. The van der Waals surface area contributed by atoms with Crippen LogP contribution >= 0.6 is 0 Å². The lowest BCUT2D eigenvalue weighted by atomic mass is 9.48. The average Bonchev–Trinajstić information content (AvgIpc) is 3.18. The monoisotopic (exact) mass is 512 g/mol. The number of benzene rings is 2. The first kappa shape index (κ1) is 23.9. The number of esters is 1. The number of hydrogen-bond donors (Lipinski definition) is 1. The quantitative estimate of drug-likeness (QED) is 0.485. The largest absolute Gasteiger partial charge is 0.483 e. The fourth-order valence-corrected chi connectivity index (χ4v) is 8.86. The van der Waals surface area contributed by atoms with Crippen LogP contribution in [-0.2, 0) is 32.4 Å². The van der Waals surface area contributed by atoms with Gasteiger partial charge in [0.25, 0.3) is 0 Å². The Balaban J connectivity index is 1.46. The van der Waals surface area contributed by atoms with Gasteiger partial charge < -0.3 is 19.5 Å². The highest BCUT2D eigenvalue weighted by molar-refractivity contribution is 7.88. The van der Waals surface area contributed by atoms with Gasteiger partial charge in [0, 0.05) is 25.6 Å². The number of carbonyl (C=O) groups is 1. The van der Waals surface area contributed by atoms with Crippen molar-refractivity contribution in [3.05, 3.63) is 59.2 Å². The number of carbonyl (C=O) groups excluding carboxylic acids is 1. The molecular formula is C27H32N2O6S. The maximum atomic E-state index is 13.6. The third-order valence-electron chi connectivity index (χ3n) is 9.03. The van der Waals surface area contributed by atoms with Crippen LogP contribution in [0.25, 0.3) is 0 Å². The van der Waals surface area contributed by atoms with Gasteiger partial charge in [0.1, 0.15) is 6.10 Å². The summed E-state index contributed by atoms with van der Waals surface area (Å²) in [6.07, 6.45) is 1.65. The number of likely N-dealkylation sites (tertiary alicyclic amines) is 1. The predicted octanol–water partition coefficient (Wildman–Crippen LogP) is 2.23. The zero-order chi connectivity index (χ0) is 25.5. The van der Waals surface area contributed by atoms with E-state index in [-0.39, 0.29) is 11.8 Å².